The van der Waals surface area contributed by atoms with Crippen molar-refractivity contribution in [2.45, 2.75) is 12.3 Å². The van der Waals surface area contributed by atoms with Gasteiger partial charge >= 0.3 is 0 Å². The third kappa shape index (κ3) is 5.50. The van der Waals surface area contributed by atoms with E-state index in [1.54, 1.807) is 0 Å². The summed E-state index contributed by atoms with van der Waals surface area (Å²) in [6.45, 7) is 2.36. The van der Waals surface area contributed by atoms with Crippen LogP contribution in [-0.2, 0) is 5.41 Å². The molecule has 0 fully saturated rings. The average molecular weight is 729 g/mol. The average Bonchev–Trinajstić information content (AvgIpc) is 3.79. The normalized spacial score (nSPS) is 14.5. The molecule has 0 spiro atoms. The zero-order valence-corrected chi connectivity index (χ0v) is 31.4. The van der Waals surface area contributed by atoms with Crippen LogP contribution in [0.2, 0.25) is 0 Å². The number of aromatic nitrogens is 2. The van der Waals surface area contributed by atoms with Gasteiger partial charge in [-0.15, -0.1) is 0 Å². The van der Waals surface area contributed by atoms with Crippen molar-refractivity contribution in [2.24, 2.45) is 0 Å². The van der Waals surface area contributed by atoms with E-state index in [0.717, 1.165) is 72.3 Å². The van der Waals surface area contributed by atoms with Gasteiger partial charge in [-0.05, 0) is 106 Å². The predicted octanol–water partition coefficient (Wildman–Crippen LogP) is 14.0. The van der Waals surface area contributed by atoms with E-state index < -0.39 is 0 Å². The van der Waals surface area contributed by atoms with Crippen LogP contribution >= 0.6 is 0 Å². The van der Waals surface area contributed by atoms with Crippen LogP contribution < -0.4 is 0 Å². The lowest BCUT2D eigenvalue weighted by Gasteiger charge is -2.28. The fraction of sp³-hybridized carbons (Fsp3) is 0.0370. The van der Waals surface area contributed by atoms with E-state index in [1.165, 1.54) is 27.8 Å². The molecule has 0 saturated carbocycles. The first-order valence-corrected chi connectivity index (χ1v) is 19.5. The van der Waals surface area contributed by atoms with E-state index in [-0.39, 0.29) is 5.41 Å². The molecule has 3 nitrogen and oxygen atoms in total. The van der Waals surface area contributed by atoms with Crippen LogP contribution in [0.1, 0.15) is 23.6 Å². The van der Waals surface area contributed by atoms with E-state index in [2.05, 4.69) is 177 Å². The summed E-state index contributed by atoms with van der Waals surface area (Å²) < 4.78 is 6.35. The van der Waals surface area contributed by atoms with Gasteiger partial charge in [0.25, 0.3) is 0 Å². The van der Waals surface area contributed by atoms with Gasteiger partial charge in [-0.25, -0.2) is 9.97 Å². The van der Waals surface area contributed by atoms with Gasteiger partial charge < -0.3 is 4.42 Å². The second-order valence-corrected chi connectivity index (χ2v) is 15.1. The Balaban J connectivity index is 1.11. The summed E-state index contributed by atoms with van der Waals surface area (Å²) in [5, 5.41) is 2.24. The number of para-hydroxylation sites is 1. The standard InChI is InChI=1S/C54H36N2O/c1-54(42-19-9-4-10-20-42)47-23-13-11-21-43(47)44-27-26-38(32-48(44)54)49-34-50(56-53(55-49)36-17-7-3-8-18-36)41-30-39(35-15-5-2-6-16-35)29-40(31-41)37-25-28-46-45-22-12-14-24-51(45)57-52(46)33-37/h2-34H,1H3. The van der Waals surface area contributed by atoms with Crippen molar-refractivity contribution in [2.75, 3.05) is 0 Å². The molecular formula is C54H36N2O. The molecule has 2 aromatic heterocycles. The van der Waals surface area contributed by atoms with E-state index in [9.17, 15) is 0 Å². The number of rotatable bonds is 6. The van der Waals surface area contributed by atoms with E-state index in [4.69, 9.17) is 14.4 Å². The largest absolute Gasteiger partial charge is 0.456 e. The molecule has 1 unspecified atom stereocenters. The summed E-state index contributed by atoms with van der Waals surface area (Å²) in [5.74, 6) is 0.688. The lowest BCUT2D eigenvalue weighted by atomic mass is 9.74. The summed E-state index contributed by atoms with van der Waals surface area (Å²) in [4.78, 5) is 10.6. The van der Waals surface area contributed by atoms with Gasteiger partial charge in [0.15, 0.2) is 5.82 Å². The molecule has 2 heterocycles. The van der Waals surface area contributed by atoms with Gasteiger partial charge in [0.05, 0.1) is 11.4 Å². The van der Waals surface area contributed by atoms with Gasteiger partial charge in [0.1, 0.15) is 11.2 Å². The monoisotopic (exact) mass is 728 g/mol. The maximum absolute atomic E-state index is 6.35. The smallest absolute Gasteiger partial charge is 0.160 e. The van der Waals surface area contributed by atoms with Crippen molar-refractivity contribution in [3.05, 3.63) is 217 Å². The first-order valence-electron chi connectivity index (χ1n) is 19.5. The molecule has 8 aromatic carbocycles. The van der Waals surface area contributed by atoms with Gasteiger partial charge in [-0.3, -0.25) is 0 Å². The molecule has 0 radical (unpaired) electrons. The molecule has 0 amide bonds. The summed E-state index contributed by atoms with van der Waals surface area (Å²) >= 11 is 0. The Bertz CT molecular complexity index is 3130. The Labute approximate surface area is 331 Å². The fourth-order valence-electron chi connectivity index (χ4n) is 8.84. The summed E-state index contributed by atoms with van der Waals surface area (Å²) in [6.07, 6.45) is 0. The van der Waals surface area contributed by atoms with E-state index >= 15 is 0 Å². The zero-order valence-electron chi connectivity index (χ0n) is 31.4. The predicted molar refractivity (Wildman–Crippen MR) is 234 cm³/mol. The van der Waals surface area contributed by atoms with Gasteiger partial charge in [0, 0.05) is 32.9 Å². The first kappa shape index (κ1) is 33.0. The van der Waals surface area contributed by atoms with Crippen LogP contribution in [0.15, 0.2) is 205 Å². The fourth-order valence-corrected chi connectivity index (χ4v) is 8.84. The third-order valence-electron chi connectivity index (χ3n) is 11.8. The Morgan fingerprint density at radius 3 is 1.74 bits per heavy atom. The van der Waals surface area contributed by atoms with Crippen molar-refractivity contribution in [3.63, 3.8) is 0 Å². The molecule has 57 heavy (non-hydrogen) atoms. The third-order valence-corrected chi connectivity index (χ3v) is 11.8. The highest BCUT2D eigenvalue weighted by atomic mass is 16.3. The second-order valence-electron chi connectivity index (χ2n) is 15.1. The molecule has 0 saturated heterocycles. The Kier molecular flexibility index (Phi) is 7.61. The first-order chi connectivity index (χ1) is 28.1. The van der Waals surface area contributed by atoms with Gasteiger partial charge in [0.2, 0.25) is 0 Å². The molecule has 1 aliphatic carbocycles. The van der Waals surface area contributed by atoms with Crippen molar-refractivity contribution in [1.29, 1.82) is 0 Å². The molecule has 268 valence electrons. The molecule has 11 rings (SSSR count). The molecule has 1 aliphatic rings. The quantitative estimate of drug-likeness (QED) is 0.171. The summed E-state index contributed by atoms with van der Waals surface area (Å²) in [7, 11) is 0. The number of hydrogen-bond donors (Lipinski definition) is 0. The SMILES string of the molecule is CC1(c2ccccc2)c2ccccc2-c2ccc(-c3cc(-c4cc(-c5ccccc5)cc(-c5ccc6c(c5)oc5ccccc56)c4)nc(-c4ccccc4)n3)cc21. The maximum atomic E-state index is 6.35. The lowest BCUT2D eigenvalue weighted by Crippen LogP contribution is -2.22. The highest BCUT2D eigenvalue weighted by Crippen LogP contribution is 2.53. The molecule has 0 bridgehead atoms. The topological polar surface area (TPSA) is 38.9 Å². The van der Waals surface area contributed by atoms with Crippen LogP contribution in [0, 0.1) is 0 Å². The Morgan fingerprint density at radius 1 is 0.368 bits per heavy atom. The second kappa shape index (κ2) is 13.1. The lowest BCUT2D eigenvalue weighted by molar-refractivity contribution is 0.669. The molecule has 10 aromatic rings. The Hall–Kier alpha value is -7.36. The van der Waals surface area contributed by atoms with Crippen molar-refractivity contribution in [3.8, 4) is 67.3 Å². The highest BCUT2D eigenvalue weighted by molar-refractivity contribution is 6.06. The minimum atomic E-state index is -0.318. The van der Waals surface area contributed by atoms with Crippen LogP contribution in [-0.4, -0.2) is 9.97 Å². The zero-order chi connectivity index (χ0) is 37.9. The number of fused-ring (bicyclic) bond motifs is 6. The summed E-state index contributed by atoms with van der Waals surface area (Å²) in [5.41, 5.74) is 17.1. The molecule has 0 aliphatic heterocycles. The van der Waals surface area contributed by atoms with Crippen LogP contribution in [0.25, 0.3) is 89.2 Å². The number of furan rings is 1. The molecular weight excluding hydrogens is 693 g/mol. The molecule has 1 atom stereocenters. The Morgan fingerprint density at radius 2 is 0.947 bits per heavy atom. The number of hydrogen-bond acceptors (Lipinski definition) is 3. The van der Waals surface area contributed by atoms with Crippen LogP contribution in [0.4, 0.5) is 0 Å². The van der Waals surface area contributed by atoms with Crippen molar-refractivity contribution in [1.82, 2.24) is 9.97 Å². The maximum Gasteiger partial charge on any atom is 0.160 e. The number of benzene rings is 8. The van der Waals surface area contributed by atoms with E-state index in [0.29, 0.717) is 5.82 Å². The molecule has 0 N–H and O–H groups in total. The van der Waals surface area contributed by atoms with Crippen molar-refractivity contribution < 1.29 is 4.42 Å². The van der Waals surface area contributed by atoms with E-state index in [1.807, 2.05) is 30.3 Å². The van der Waals surface area contributed by atoms with Crippen LogP contribution in [0.3, 0.4) is 0 Å². The highest BCUT2D eigenvalue weighted by Gasteiger charge is 2.40. The minimum Gasteiger partial charge on any atom is -0.456 e. The van der Waals surface area contributed by atoms with Crippen molar-refractivity contribution >= 4 is 21.9 Å². The van der Waals surface area contributed by atoms with Crippen LogP contribution in [0.5, 0.6) is 0 Å². The molecule has 3 heteroatoms. The van der Waals surface area contributed by atoms with Gasteiger partial charge in [-0.1, -0.05) is 152 Å². The minimum absolute atomic E-state index is 0.318. The van der Waals surface area contributed by atoms with Gasteiger partial charge in [-0.2, -0.15) is 0 Å². The summed E-state index contributed by atoms with van der Waals surface area (Å²) in [6, 6.07) is 71.1. The number of nitrogens with zero attached hydrogens (tertiary/aromatic N) is 2.